The molecule has 0 saturated heterocycles. The van der Waals surface area contributed by atoms with Crippen molar-refractivity contribution in [2.75, 3.05) is 0 Å². The lowest BCUT2D eigenvalue weighted by molar-refractivity contribution is 1.08. The molecule has 0 atom stereocenters. The molecule has 0 bridgehead atoms. The number of nitrogens with zero attached hydrogens (tertiary/aromatic N) is 2. The molecule has 0 amide bonds. The first kappa shape index (κ1) is 10.8. The van der Waals surface area contributed by atoms with E-state index in [2.05, 4.69) is 16.5 Å². The molecule has 0 aromatic carbocycles. The fourth-order valence-corrected chi connectivity index (χ4v) is 0.810. The van der Waals surface area contributed by atoms with E-state index in [1.807, 2.05) is 27.7 Å². The molecule has 1 aromatic heterocycles. The highest BCUT2D eigenvalue weighted by Gasteiger charge is 1.96. The van der Waals surface area contributed by atoms with Crippen LogP contribution >= 0.6 is 0 Å². The molecule has 0 fully saturated rings. The third-order valence-corrected chi connectivity index (χ3v) is 1.37. The Labute approximate surface area is 74.4 Å². The highest BCUT2D eigenvalue weighted by Crippen LogP contribution is 2.11. The van der Waals surface area contributed by atoms with Crippen molar-refractivity contribution < 1.29 is 0 Å². The number of rotatable bonds is 1. The van der Waals surface area contributed by atoms with E-state index in [0.717, 1.165) is 16.8 Å². The molecule has 0 aliphatic rings. The summed E-state index contributed by atoms with van der Waals surface area (Å²) in [4.78, 5) is 7.92. The Hall–Kier alpha value is -1.18. The second-order valence-electron chi connectivity index (χ2n) is 2.30. The van der Waals surface area contributed by atoms with Gasteiger partial charge in [0.1, 0.15) is 6.33 Å². The summed E-state index contributed by atoms with van der Waals surface area (Å²) in [5.74, 6) is 0. The van der Waals surface area contributed by atoms with Gasteiger partial charge in [0.05, 0.1) is 0 Å². The molecule has 1 heterocycles. The van der Waals surface area contributed by atoms with Crippen molar-refractivity contribution in [3.63, 3.8) is 0 Å². The van der Waals surface area contributed by atoms with Gasteiger partial charge in [-0.1, -0.05) is 20.4 Å². The van der Waals surface area contributed by atoms with Gasteiger partial charge in [-0.15, -0.1) is 0 Å². The number of aryl methyl sites for hydroxylation is 1. The van der Waals surface area contributed by atoms with Crippen molar-refractivity contribution in [1.82, 2.24) is 9.97 Å². The normalized spacial score (nSPS) is 8.33. The van der Waals surface area contributed by atoms with Gasteiger partial charge in [-0.25, -0.2) is 9.97 Å². The van der Waals surface area contributed by atoms with Gasteiger partial charge in [0, 0.05) is 17.5 Å². The summed E-state index contributed by atoms with van der Waals surface area (Å²) < 4.78 is 0. The zero-order chi connectivity index (χ0) is 9.56. The molecule has 12 heavy (non-hydrogen) atoms. The molecule has 66 valence electrons. The maximum absolute atomic E-state index is 4.03. The molecule has 2 heteroatoms. The molecule has 1 aromatic rings. The largest absolute Gasteiger partial charge is 0.244 e. The van der Waals surface area contributed by atoms with Crippen molar-refractivity contribution in [2.24, 2.45) is 0 Å². The third kappa shape index (κ3) is 2.82. The Kier molecular flexibility index (Phi) is 4.93. The fraction of sp³-hybridized carbons (Fsp3) is 0.400. The van der Waals surface area contributed by atoms with Crippen molar-refractivity contribution in [1.29, 1.82) is 0 Å². The molecular formula is C10H16N2. The van der Waals surface area contributed by atoms with E-state index in [4.69, 9.17) is 0 Å². The lowest BCUT2D eigenvalue weighted by atomic mass is 10.1. The predicted octanol–water partition coefficient (Wildman–Crippen LogP) is 2.84. The average molecular weight is 164 g/mol. The first-order valence-electron chi connectivity index (χ1n) is 4.14. The number of aromatic nitrogens is 2. The Morgan fingerprint density at radius 3 is 2.33 bits per heavy atom. The van der Waals surface area contributed by atoms with E-state index in [1.165, 1.54) is 0 Å². The second-order valence-corrected chi connectivity index (χ2v) is 2.30. The Balaban J connectivity index is 0.000000561. The molecular weight excluding hydrogens is 148 g/mol. The summed E-state index contributed by atoms with van der Waals surface area (Å²) in [6.45, 7) is 11.7. The number of hydrogen-bond donors (Lipinski definition) is 0. The Bertz CT molecular complexity index is 254. The Morgan fingerprint density at radius 1 is 1.42 bits per heavy atom. The first-order valence-corrected chi connectivity index (χ1v) is 4.14. The molecule has 0 saturated carbocycles. The van der Waals surface area contributed by atoms with Crippen LogP contribution in [0.2, 0.25) is 0 Å². The van der Waals surface area contributed by atoms with Crippen molar-refractivity contribution in [2.45, 2.75) is 27.7 Å². The monoisotopic (exact) mass is 164 g/mol. The van der Waals surface area contributed by atoms with E-state index in [-0.39, 0.29) is 0 Å². The number of allylic oxidation sites excluding steroid dienone is 1. The van der Waals surface area contributed by atoms with E-state index in [1.54, 1.807) is 12.5 Å². The fourth-order valence-electron chi connectivity index (χ4n) is 0.810. The summed E-state index contributed by atoms with van der Waals surface area (Å²) in [6, 6.07) is 0. The van der Waals surface area contributed by atoms with E-state index < -0.39 is 0 Å². The molecule has 0 N–H and O–H groups in total. The summed E-state index contributed by atoms with van der Waals surface area (Å²) in [5, 5.41) is 0. The van der Waals surface area contributed by atoms with Crippen LogP contribution in [0.4, 0.5) is 0 Å². The van der Waals surface area contributed by atoms with Crippen molar-refractivity contribution in [3.8, 4) is 0 Å². The van der Waals surface area contributed by atoms with E-state index >= 15 is 0 Å². The summed E-state index contributed by atoms with van der Waals surface area (Å²) in [6.07, 6.45) is 3.33. The third-order valence-electron chi connectivity index (χ3n) is 1.37. The van der Waals surface area contributed by atoms with Gasteiger partial charge in [0.25, 0.3) is 0 Å². The molecule has 0 aliphatic heterocycles. The summed E-state index contributed by atoms with van der Waals surface area (Å²) in [5.41, 5.74) is 3.04. The highest BCUT2D eigenvalue weighted by atomic mass is 14.8. The van der Waals surface area contributed by atoms with Crippen LogP contribution in [0.15, 0.2) is 19.1 Å². The quantitative estimate of drug-likeness (QED) is 0.637. The standard InChI is InChI=1S/C8H10N2.C2H6/c1-6(2)8-4-9-5-10-7(8)3;1-2/h4-5H,1H2,2-3H3;1-2H3. The van der Waals surface area contributed by atoms with E-state index in [0.29, 0.717) is 0 Å². The molecule has 0 spiro atoms. The first-order chi connectivity index (χ1) is 5.72. The van der Waals surface area contributed by atoms with Crippen LogP contribution in [0.25, 0.3) is 5.57 Å². The van der Waals surface area contributed by atoms with Gasteiger partial charge >= 0.3 is 0 Å². The minimum Gasteiger partial charge on any atom is -0.244 e. The minimum atomic E-state index is 0.988. The zero-order valence-electron chi connectivity index (χ0n) is 8.26. The molecule has 2 nitrogen and oxygen atoms in total. The molecule has 1 rings (SSSR count). The van der Waals surface area contributed by atoms with Crippen LogP contribution in [0.5, 0.6) is 0 Å². The maximum atomic E-state index is 4.03. The van der Waals surface area contributed by atoms with Gasteiger partial charge < -0.3 is 0 Å². The Morgan fingerprint density at radius 2 is 2.00 bits per heavy atom. The SMILES string of the molecule is C=C(C)c1cncnc1C.CC. The van der Waals surface area contributed by atoms with Gasteiger partial charge in [0.15, 0.2) is 0 Å². The lowest BCUT2D eigenvalue weighted by Gasteiger charge is -1.99. The molecule has 0 unspecified atom stereocenters. The summed E-state index contributed by atoms with van der Waals surface area (Å²) >= 11 is 0. The maximum Gasteiger partial charge on any atom is 0.115 e. The zero-order valence-corrected chi connectivity index (χ0v) is 8.26. The van der Waals surface area contributed by atoms with Crippen LogP contribution in [-0.4, -0.2) is 9.97 Å². The van der Waals surface area contributed by atoms with Gasteiger partial charge in [-0.2, -0.15) is 0 Å². The second kappa shape index (κ2) is 5.47. The smallest absolute Gasteiger partial charge is 0.115 e. The average Bonchev–Trinajstić information content (AvgIpc) is 2.08. The van der Waals surface area contributed by atoms with Gasteiger partial charge in [-0.3, -0.25) is 0 Å². The van der Waals surface area contributed by atoms with E-state index in [9.17, 15) is 0 Å². The minimum absolute atomic E-state index is 0.988. The van der Waals surface area contributed by atoms with Crippen LogP contribution in [0, 0.1) is 6.92 Å². The van der Waals surface area contributed by atoms with Crippen LogP contribution < -0.4 is 0 Å². The topological polar surface area (TPSA) is 25.8 Å². The highest BCUT2D eigenvalue weighted by molar-refractivity contribution is 5.61. The molecule has 0 aliphatic carbocycles. The number of hydrogen-bond acceptors (Lipinski definition) is 2. The van der Waals surface area contributed by atoms with Gasteiger partial charge in [-0.05, 0) is 19.4 Å². The molecule has 0 radical (unpaired) electrons. The van der Waals surface area contributed by atoms with Crippen molar-refractivity contribution >= 4 is 5.57 Å². The predicted molar refractivity (Wildman–Crippen MR) is 52.8 cm³/mol. The van der Waals surface area contributed by atoms with Crippen LogP contribution in [0.1, 0.15) is 32.0 Å². The van der Waals surface area contributed by atoms with Crippen LogP contribution in [-0.2, 0) is 0 Å². The van der Waals surface area contributed by atoms with Crippen molar-refractivity contribution in [3.05, 3.63) is 30.4 Å². The lowest BCUT2D eigenvalue weighted by Crippen LogP contribution is -1.89. The van der Waals surface area contributed by atoms with Crippen LogP contribution in [0.3, 0.4) is 0 Å². The van der Waals surface area contributed by atoms with Gasteiger partial charge in [0.2, 0.25) is 0 Å². The summed E-state index contributed by atoms with van der Waals surface area (Å²) in [7, 11) is 0.